The number of esters is 1. The molecule has 0 radical (unpaired) electrons. The molecule has 0 aliphatic heterocycles. The van der Waals surface area contributed by atoms with Gasteiger partial charge in [-0.3, -0.25) is 9.59 Å². The zero-order valence-electron chi connectivity index (χ0n) is 10.3. The Morgan fingerprint density at radius 2 is 2.12 bits per heavy atom. The maximum Gasteiger partial charge on any atom is 0.311 e. The van der Waals surface area contributed by atoms with Gasteiger partial charge in [0, 0.05) is 0 Å². The van der Waals surface area contributed by atoms with Crippen molar-refractivity contribution >= 4 is 17.6 Å². The highest BCUT2D eigenvalue weighted by Gasteiger charge is 2.12. The van der Waals surface area contributed by atoms with Crippen molar-refractivity contribution in [1.82, 2.24) is 5.43 Å². The molecule has 6 nitrogen and oxygen atoms in total. The van der Waals surface area contributed by atoms with Crippen LogP contribution >= 0.6 is 0 Å². The average Bonchev–Trinajstić information content (AvgIpc) is 2.24. The van der Waals surface area contributed by atoms with Crippen LogP contribution in [0.25, 0.3) is 0 Å². The van der Waals surface area contributed by atoms with Gasteiger partial charge in [0.05, 0.1) is 24.8 Å². The summed E-state index contributed by atoms with van der Waals surface area (Å²) in [6.45, 7) is 5.74. The minimum Gasteiger partial charge on any atom is -0.466 e. The first-order valence-electron chi connectivity index (χ1n) is 5.39. The van der Waals surface area contributed by atoms with Crippen molar-refractivity contribution in [1.29, 1.82) is 5.26 Å². The van der Waals surface area contributed by atoms with Crippen molar-refractivity contribution < 1.29 is 14.3 Å². The fourth-order valence-corrected chi connectivity index (χ4v) is 0.978. The second kappa shape index (κ2) is 8.28. The molecule has 0 unspecified atom stereocenters. The van der Waals surface area contributed by atoms with E-state index in [1.54, 1.807) is 13.0 Å². The molecule has 0 rings (SSSR count). The van der Waals surface area contributed by atoms with E-state index in [0.29, 0.717) is 12.3 Å². The number of nitrogens with zero attached hydrogens (tertiary/aromatic N) is 2. The number of nitrogens with one attached hydrogen (secondary N) is 1. The molecular formula is C11H17N3O3. The lowest BCUT2D eigenvalue weighted by Crippen LogP contribution is -2.23. The van der Waals surface area contributed by atoms with E-state index in [-0.39, 0.29) is 24.7 Å². The third kappa shape index (κ3) is 7.06. The van der Waals surface area contributed by atoms with Gasteiger partial charge in [0.2, 0.25) is 0 Å². The predicted octanol–water partition coefficient (Wildman–Crippen LogP) is 0.981. The second-order valence-electron chi connectivity index (χ2n) is 3.61. The lowest BCUT2D eigenvalue weighted by molar-refractivity contribution is -0.141. The summed E-state index contributed by atoms with van der Waals surface area (Å²) < 4.78 is 4.79. The monoisotopic (exact) mass is 239 g/mol. The third-order valence-corrected chi connectivity index (χ3v) is 1.86. The number of carbonyl (C=O) groups excluding carboxylic acids is 2. The molecule has 0 saturated carbocycles. The fourth-order valence-electron chi connectivity index (χ4n) is 0.978. The number of hydrogen-bond donors (Lipinski definition) is 1. The molecule has 0 heterocycles. The van der Waals surface area contributed by atoms with E-state index in [1.165, 1.54) is 0 Å². The number of ether oxygens (including phenoxy) is 1. The smallest absolute Gasteiger partial charge is 0.311 e. The summed E-state index contributed by atoms with van der Waals surface area (Å²) in [5.74, 6) is -0.856. The molecule has 0 aliphatic carbocycles. The lowest BCUT2D eigenvalue weighted by atomic mass is 10.1. The van der Waals surface area contributed by atoms with E-state index in [9.17, 15) is 9.59 Å². The van der Waals surface area contributed by atoms with Gasteiger partial charge < -0.3 is 4.74 Å². The first kappa shape index (κ1) is 15.1. The van der Waals surface area contributed by atoms with Crippen molar-refractivity contribution in [3.05, 3.63) is 0 Å². The normalized spacial score (nSPS) is 10.9. The fraction of sp³-hybridized carbons (Fsp3) is 0.636. The molecule has 0 aromatic carbocycles. The number of rotatable bonds is 6. The molecule has 1 amide bonds. The van der Waals surface area contributed by atoms with Crippen LogP contribution in [0.5, 0.6) is 0 Å². The molecule has 0 fully saturated rings. The molecule has 0 spiro atoms. The van der Waals surface area contributed by atoms with Gasteiger partial charge in [-0.15, -0.1) is 0 Å². The van der Waals surface area contributed by atoms with Gasteiger partial charge in [-0.25, -0.2) is 5.43 Å². The Hall–Kier alpha value is -1.90. The van der Waals surface area contributed by atoms with Crippen LogP contribution in [0.1, 0.15) is 33.6 Å². The van der Waals surface area contributed by atoms with Gasteiger partial charge in [-0.2, -0.15) is 10.4 Å². The van der Waals surface area contributed by atoms with E-state index in [4.69, 9.17) is 10.00 Å². The molecule has 0 aromatic rings. The zero-order valence-corrected chi connectivity index (χ0v) is 10.3. The molecule has 1 N–H and O–H groups in total. The summed E-state index contributed by atoms with van der Waals surface area (Å²) in [6, 6.07) is 1.71. The van der Waals surface area contributed by atoms with Gasteiger partial charge in [0.15, 0.2) is 0 Å². The molecule has 0 atom stereocenters. The van der Waals surface area contributed by atoms with Crippen molar-refractivity contribution in [2.45, 2.75) is 33.6 Å². The Kier molecular flexibility index (Phi) is 7.35. The molecule has 0 aliphatic rings. The van der Waals surface area contributed by atoms with E-state index >= 15 is 0 Å². The summed E-state index contributed by atoms with van der Waals surface area (Å²) >= 11 is 0. The van der Waals surface area contributed by atoms with Crippen molar-refractivity contribution in [2.75, 3.05) is 6.61 Å². The second-order valence-corrected chi connectivity index (χ2v) is 3.61. The van der Waals surface area contributed by atoms with Crippen LogP contribution in [0.2, 0.25) is 0 Å². The summed E-state index contributed by atoms with van der Waals surface area (Å²) in [4.78, 5) is 22.3. The highest BCUT2D eigenvalue weighted by Crippen LogP contribution is 2.02. The van der Waals surface area contributed by atoms with Crippen LogP contribution in [-0.2, 0) is 14.3 Å². The Balaban J connectivity index is 4.42. The zero-order chi connectivity index (χ0) is 13.3. The quantitative estimate of drug-likeness (QED) is 0.425. The number of nitriles is 1. The number of hydrogen-bond acceptors (Lipinski definition) is 5. The number of hydrazone groups is 1. The van der Waals surface area contributed by atoms with E-state index < -0.39 is 5.91 Å². The largest absolute Gasteiger partial charge is 0.466 e. The van der Waals surface area contributed by atoms with Crippen LogP contribution in [0.4, 0.5) is 0 Å². The topological polar surface area (TPSA) is 91.5 Å². The minimum absolute atomic E-state index is 0.0155. The highest BCUT2D eigenvalue weighted by atomic mass is 16.5. The maximum atomic E-state index is 11.3. The molecule has 0 saturated heterocycles. The molecule has 17 heavy (non-hydrogen) atoms. The predicted molar refractivity (Wildman–Crippen MR) is 61.9 cm³/mol. The molecule has 0 aromatic heterocycles. The Morgan fingerprint density at radius 3 is 2.59 bits per heavy atom. The summed E-state index contributed by atoms with van der Waals surface area (Å²) in [5, 5.41) is 12.1. The number of amides is 1. The summed E-state index contributed by atoms with van der Waals surface area (Å²) in [6.07, 6.45) is -0.216. The Bertz CT molecular complexity index is 342. The third-order valence-electron chi connectivity index (χ3n) is 1.86. The van der Waals surface area contributed by atoms with Crippen LogP contribution in [-0.4, -0.2) is 24.2 Å². The number of carbonyl (C=O) groups is 2. The van der Waals surface area contributed by atoms with Gasteiger partial charge in [-0.1, -0.05) is 13.8 Å². The van der Waals surface area contributed by atoms with Crippen LogP contribution < -0.4 is 5.43 Å². The average molecular weight is 239 g/mol. The van der Waals surface area contributed by atoms with Crippen LogP contribution in [0, 0.1) is 17.2 Å². The van der Waals surface area contributed by atoms with E-state index in [2.05, 4.69) is 10.5 Å². The minimum atomic E-state index is -0.491. The first-order valence-corrected chi connectivity index (χ1v) is 5.39. The Labute approximate surface area is 101 Å². The summed E-state index contributed by atoms with van der Waals surface area (Å²) in [5.41, 5.74) is 2.75. The standard InChI is InChI=1S/C11H17N3O3/c1-4-17-11(16)7-9(8(2)3)13-14-10(15)5-6-12/h8H,4-5,7H2,1-3H3,(H,14,15)/b13-9-. The summed E-state index contributed by atoms with van der Waals surface area (Å²) in [7, 11) is 0. The van der Waals surface area contributed by atoms with E-state index in [0.717, 1.165) is 0 Å². The van der Waals surface area contributed by atoms with Gasteiger partial charge in [0.25, 0.3) is 5.91 Å². The van der Waals surface area contributed by atoms with Crippen molar-refractivity contribution in [3.63, 3.8) is 0 Å². The van der Waals surface area contributed by atoms with Gasteiger partial charge in [0.1, 0.15) is 6.42 Å². The molecule has 6 heteroatoms. The lowest BCUT2D eigenvalue weighted by Gasteiger charge is -2.09. The molecular weight excluding hydrogens is 222 g/mol. The highest BCUT2D eigenvalue weighted by molar-refractivity contribution is 6.00. The van der Waals surface area contributed by atoms with Crippen LogP contribution in [0.15, 0.2) is 5.10 Å². The SMILES string of the molecule is CCOC(=O)C/C(=N/NC(=O)CC#N)C(C)C. The van der Waals surface area contributed by atoms with Crippen LogP contribution in [0.3, 0.4) is 0 Å². The molecule has 0 bridgehead atoms. The molecule has 94 valence electrons. The first-order chi connectivity index (χ1) is 8.01. The van der Waals surface area contributed by atoms with Crippen molar-refractivity contribution in [3.8, 4) is 6.07 Å². The van der Waals surface area contributed by atoms with Crippen molar-refractivity contribution in [2.24, 2.45) is 11.0 Å². The maximum absolute atomic E-state index is 11.3. The Morgan fingerprint density at radius 1 is 1.47 bits per heavy atom. The van der Waals surface area contributed by atoms with Gasteiger partial charge in [-0.05, 0) is 12.8 Å². The van der Waals surface area contributed by atoms with Gasteiger partial charge >= 0.3 is 5.97 Å². The van der Waals surface area contributed by atoms with E-state index in [1.807, 2.05) is 13.8 Å².